The topological polar surface area (TPSA) is 55.7 Å². The second-order valence-corrected chi connectivity index (χ2v) is 4.26. The Balaban J connectivity index is 2.52. The Bertz CT molecular complexity index is 220. The summed E-state index contributed by atoms with van der Waals surface area (Å²) in [5.41, 5.74) is 0. The highest BCUT2D eigenvalue weighted by molar-refractivity contribution is 4.81. The van der Waals surface area contributed by atoms with Crippen molar-refractivity contribution in [1.82, 2.24) is 10.2 Å². The smallest absolute Gasteiger partial charge is 0.395 e. The van der Waals surface area contributed by atoms with Crippen LogP contribution in [0.4, 0.5) is 13.2 Å². The van der Waals surface area contributed by atoms with Gasteiger partial charge < -0.3 is 15.5 Å². The van der Waals surface area contributed by atoms with Gasteiger partial charge in [-0.25, -0.2) is 0 Å². The molecule has 1 aliphatic heterocycles. The van der Waals surface area contributed by atoms with Crippen LogP contribution in [0.25, 0.3) is 0 Å². The number of aliphatic hydroxyl groups is 2. The summed E-state index contributed by atoms with van der Waals surface area (Å²) in [5, 5.41) is 21.0. The molecule has 1 heterocycles. The number of rotatable bonds is 5. The number of aliphatic hydroxyl groups excluding tert-OH is 2. The second kappa shape index (κ2) is 6.53. The predicted molar refractivity (Wildman–Crippen MR) is 56.6 cm³/mol. The molecule has 0 saturated carbocycles. The third-order valence-electron chi connectivity index (χ3n) is 3.00. The molecule has 1 unspecified atom stereocenters. The molecule has 17 heavy (non-hydrogen) atoms. The largest absolute Gasteiger partial charge is 0.415 e. The van der Waals surface area contributed by atoms with Crippen molar-refractivity contribution >= 4 is 0 Å². The van der Waals surface area contributed by atoms with Crippen LogP contribution in [-0.4, -0.2) is 66.2 Å². The molecule has 1 rings (SSSR count). The predicted octanol–water partition coefficient (Wildman–Crippen LogP) is -0.0441. The number of hydrogen-bond donors (Lipinski definition) is 3. The monoisotopic (exact) mass is 256 g/mol. The zero-order chi connectivity index (χ0) is 12.9. The first-order chi connectivity index (χ1) is 7.95. The Hall–Kier alpha value is -0.370. The van der Waals surface area contributed by atoms with Crippen molar-refractivity contribution in [3.8, 4) is 0 Å². The van der Waals surface area contributed by atoms with Crippen molar-refractivity contribution in [1.29, 1.82) is 0 Å². The van der Waals surface area contributed by atoms with Gasteiger partial charge in [-0.15, -0.1) is 0 Å². The summed E-state index contributed by atoms with van der Waals surface area (Å²) in [7, 11) is 0. The van der Waals surface area contributed by atoms with Crippen molar-refractivity contribution < 1.29 is 23.4 Å². The lowest BCUT2D eigenvalue weighted by molar-refractivity contribution is -0.210. The molecule has 0 radical (unpaired) electrons. The highest BCUT2D eigenvalue weighted by Crippen LogP contribution is 2.22. The zero-order valence-corrected chi connectivity index (χ0v) is 9.58. The molecule has 1 fully saturated rings. The van der Waals surface area contributed by atoms with Crippen LogP contribution < -0.4 is 5.32 Å². The normalized spacial score (nSPS) is 20.8. The fourth-order valence-electron chi connectivity index (χ4n) is 2.05. The molecular formula is C10H19F3N2O2. The fourth-order valence-corrected chi connectivity index (χ4v) is 2.05. The van der Waals surface area contributed by atoms with Gasteiger partial charge in [0.1, 0.15) is 0 Å². The third kappa shape index (κ3) is 4.79. The Kier molecular flexibility index (Phi) is 5.64. The molecule has 0 spiro atoms. The van der Waals surface area contributed by atoms with Gasteiger partial charge in [-0.2, -0.15) is 13.2 Å². The van der Waals surface area contributed by atoms with E-state index >= 15 is 0 Å². The Morgan fingerprint density at radius 3 is 2.35 bits per heavy atom. The number of piperidine rings is 1. The summed E-state index contributed by atoms with van der Waals surface area (Å²) in [6, 6.07) is 0.000370. The van der Waals surface area contributed by atoms with Crippen LogP contribution in [0.2, 0.25) is 0 Å². The standard InChI is InChI=1S/C10H19F3N2O2/c11-10(12,13)9(17)7-15(5-6-16)8-1-3-14-4-2-8/h8-9,14,16-17H,1-7H2. The maximum absolute atomic E-state index is 12.3. The van der Waals surface area contributed by atoms with Crippen molar-refractivity contribution in [3.63, 3.8) is 0 Å². The molecule has 1 aliphatic rings. The molecule has 1 saturated heterocycles. The molecular weight excluding hydrogens is 237 g/mol. The quantitative estimate of drug-likeness (QED) is 0.646. The molecule has 0 bridgehead atoms. The van der Waals surface area contributed by atoms with Crippen molar-refractivity contribution in [3.05, 3.63) is 0 Å². The van der Waals surface area contributed by atoms with Gasteiger partial charge in [-0.1, -0.05) is 0 Å². The Labute approximate surface area is 98.4 Å². The van der Waals surface area contributed by atoms with E-state index in [1.54, 1.807) is 0 Å². The van der Waals surface area contributed by atoms with Gasteiger partial charge >= 0.3 is 6.18 Å². The van der Waals surface area contributed by atoms with Crippen LogP contribution in [0.1, 0.15) is 12.8 Å². The molecule has 7 heteroatoms. The number of hydrogen-bond acceptors (Lipinski definition) is 4. The van der Waals surface area contributed by atoms with Crippen LogP contribution in [0.3, 0.4) is 0 Å². The molecule has 102 valence electrons. The molecule has 1 atom stereocenters. The van der Waals surface area contributed by atoms with E-state index in [1.165, 1.54) is 4.90 Å². The number of nitrogens with one attached hydrogen (secondary N) is 1. The SMILES string of the molecule is OCCN(CC(O)C(F)(F)F)C1CCNCC1. The lowest BCUT2D eigenvalue weighted by atomic mass is 10.0. The summed E-state index contributed by atoms with van der Waals surface area (Å²) in [4.78, 5) is 1.53. The summed E-state index contributed by atoms with van der Waals surface area (Å²) < 4.78 is 36.8. The minimum Gasteiger partial charge on any atom is -0.395 e. The number of halogens is 3. The fraction of sp³-hybridized carbons (Fsp3) is 1.00. The second-order valence-electron chi connectivity index (χ2n) is 4.26. The average molecular weight is 256 g/mol. The maximum atomic E-state index is 12.3. The van der Waals surface area contributed by atoms with E-state index in [0.717, 1.165) is 25.9 Å². The van der Waals surface area contributed by atoms with E-state index < -0.39 is 18.8 Å². The van der Waals surface area contributed by atoms with E-state index in [4.69, 9.17) is 10.2 Å². The van der Waals surface area contributed by atoms with Crippen molar-refractivity contribution in [2.45, 2.75) is 31.2 Å². The molecule has 3 N–H and O–H groups in total. The van der Waals surface area contributed by atoms with Crippen LogP contribution in [-0.2, 0) is 0 Å². The highest BCUT2D eigenvalue weighted by Gasteiger charge is 2.40. The maximum Gasteiger partial charge on any atom is 0.415 e. The molecule has 0 aromatic heterocycles. The minimum absolute atomic E-state index is 0.000370. The van der Waals surface area contributed by atoms with Gasteiger partial charge in [0.05, 0.1) is 6.61 Å². The van der Waals surface area contributed by atoms with E-state index in [0.29, 0.717) is 0 Å². The zero-order valence-electron chi connectivity index (χ0n) is 9.58. The first-order valence-corrected chi connectivity index (χ1v) is 5.75. The van der Waals surface area contributed by atoms with Gasteiger partial charge in [-0.05, 0) is 25.9 Å². The van der Waals surface area contributed by atoms with Crippen LogP contribution in [0, 0.1) is 0 Å². The van der Waals surface area contributed by atoms with Gasteiger partial charge in [0, 0.05) is 19.1 Å². The van der Waals surface area contributed by atoms with E-state index in [9.17, 15) is 13.2 Å². The Morgan fingerprint density at radius 2 is 1.88 bits per heavy atom. The van der Waals surface area contributed by atoms with E-state index in [1.807, 2.05) is 0 Å². The van der Waals surface area contributed by atoms with Crippen LogP contribution in [0.5, 0.6) is 0 Å². The summed E-state index contributed by atoms with van der Waals surface area (Å²) >= 11 is 0. The van der Waals surface area contributed by atoms with E-state index in [-0.39, 0.29) is 19.2 Å². The van der Waals surface area contributed by atoms with Gasteiger partial charge in [0.2, 0.25) is 0 Å². The van der Waals surface area contributed by atoms with Gasteiger partial charge in [0.25, 0.3) is 0 Å². The summed E-state index contributed by atoms with van der Waals surface area (Å²) in [5.74, 6) is 0. The molecule has 4 nitrogen and oxygen atoms in total. The van der Waals surface area contributed by atoms with E-state index in [2.05, 4.69) is 5.32 Å². The Morgan fingerprint density at radius 1 is 1.29 bits per heavy atom. The average Bonchev–Trinajstić information content (AvgIpc) is 2.28. The lowest BCUT2D eigenvalue weighted by Crippen LogP contribution is -2.49. The lowest BCUT2D eigenvalue weighted by Gasteiger charge is -2.35. The summed E-state index contributed by atoms with van der Waals surface area (Å²) in [6.07, 6.45) is -5.46. The molecule has 0 aromatic rings. The minimum atomic E-state index is -4.60. The first kappa shape index (κ1) is 14.7. The van der Waals surface area contributed by atoms with Crippen LogP contribution >= 0.6 is 0 Å². The third-order valence-corrected chi connectivity index (χ3v) is 3.00. The van der Waals surface area contributed by atoms with Crippen LogP contribution in [0.15, 0.2) is 0 Å². The van der Waals surface area contributed by atoms with Crippen molar-refractivity contribution in [2.75, 3.05) is 32.8 Å². The molecule has 0 amide bonds. The number of nitrogens with zero attached hydrogens (tertiary/aromatic N) is 1. The highest BCUT2D eigenvalue weighted by atomic mass is 19.4. The van der Waals surface area contributed by atoms with Crippen molar-refractivity contribution in [2.24, 2.45) is 0 Å². The molecule has 0 aromatic carbocycles. The molecule has 0 aliphatic carbocycles. The first-order valence-electron chi connectivity index (χ1n) is 5.75. The summed E-state index contributed by atoms with van der Waals surface area (Å²) in [6.45, 7) is 1.02. The van der Waals surface area contributed by atoms with Gasteiger partial charge in [-0.3, -0.25) is 4.90 Å². The van der Waals surface area contributed by atoms with Gasteiger partial charge in [0.15, 0.2) is 6.10 Å². The number of alkyl halides is 3.